The molecule has 0 saturated heterocycles. The van der Waals surface area contributed by atoms with Crippen LogP contribution in [0.3, 0.4) is 0 Å². The largest absolute Gasteiger partial charge is 0.324 e. The molecule has 0 bridgehead atoms. The Morgan fingerprint density at radius 1 is 1.08 bits per heavy atom. The third-order valence-corrected chi connectivity index (χ3v) is 4.38. The van der Waals surface area contributed by atoms with Crippen molar-refractivity contribution >= 4 is 28.8 Å². The average molecular weight is 373 g/mol. The summed E-state index contributed by atoms with van der Waals surface area (Å²) in [4.78, 5) is 13.5. The van der Waals surface area contributed by atoms with Crippen LogP contribution >= 0.6 is 23.2 Å². The van der Waals surface area contributed by atoms with Crippen LogP contribution in [0.2, 0.25) is 10.2 Å². The van der Waals surface area contributed by atoms with Crippen LogP contribution in [0.25, 0.3) is 17.2 Å². The summed E-state index contributed by atoms with van der Waals surface area (Å²) in [6, 6.07) is 7.15. The molecule has 0 atom stereocenters. The van der Waals surface area contributed by atoms with E-state index in [2.05, 4.69) is 22.0 Å². The fourth-order valence-electron chi connectivity index (χ4n) is 2.84. The van der Waals surface area contributed by atoms with Gasteiger partial charge in [0.05, 0.1) is 17.9 Å². The Labute approximate surface area is 154 Å². The summed E-state index contributed by atoms with van der Waals surface area (Å²) in [6.07, 6.45) is 6.12. The second-order valence-electron chi connectivity index (χ2n) is 5.52. The minimum Gasteiger partial charge on any atom is -0.324 e. The minimum absolute atomic E-state index is 0.442. The standard InChI is InChI=1S/C17H14Cl2N6/c1-2-14-13(22-16-4-3-15(19)23-25(14)16)10-24-8-7-21-17(24)12-9-11(18)5-6-20-12/h3-9H,2,10H2,1H3. The molecule has 0 N–H and O–H groups in total. The Morgan fingerprint density at radius 3 is 2.76 bits per heavy atom. The van der Waals surface area contributed by atoms with Crippen molar-refractivity contribution in [3.05, 3.63) is 64.4 Å². The maximum atomic E-state index is 6.08. The van der Waals surface area contributed by atoms with Crippen LogP contribution in [0.15, 0.2) is 42.9 Å². The van der Waals surface area contributed by atoms with Gasteiger partial charge in [0, 0.05) is 23.6 Å². The van der Waals surface area contributed by atoms with Crippen molar-refractivity contribution in [2.75, 3.05) is 0 Å². The lowest BCUT2D eigenvalue weighted by atomic mass is 10.2. The number of aryl methyl sites for hydroxylation is 1. The summed E-state index contributed by atoms with van der Waals surface area (Å²) in [5.41, 5.74) is 3.45. The van der Waals surface area contributed by atoms with Gasteiger partial charge >= 0.3 is 0 Å². The molecule has 0 aliphatic carbocycles. The van der Waals surface area contributed by atoms with Crippen LogP contribution in [-0.2, 0) is 13.0 Å². The van der Waals surface area contributed by atoms with Crippen LogP contribution < -0.4 is 0 Å². The van der Waals surface area contributed by atoms with Gasteiger partial charge in [-0.1, -0.05) is 30.1 Å². The molecule has 0 unspecified atom stereocenters. The van der Waals surface area contributed by atoms with Gasteiger partial charge in [-0.3, -0.25) is 4.98 Å². The number of pyridine rings is 1. The normalized spacial score (nSPS) is 11.3. The zero-order valence-corrected chi connectivity index (χ0v) is 14.9. The van der Waals surface area contributed by atoms with Crippen molar-refractivity contribution in [2.24, 2.45) is 0 Å². The first-order valence-corrected chi connectivity index (χ1v) is 8.57. The molecule has 0 aliphatic rings. The molecular weight excluding hydrogens is 359 g/mol. The van der Waals surface area contributed by atoms with Gasteiger partial charge < -0.3 is 4.57 Å². The van der Waals surface area contributed by atoms with Crippen LogP contribution in [0.5, 0.6) is 0 Å². The van der Waals surface area contributed by atoms with Gasteiger partial charge in [-0.15, -0.1) is 0 Å². The van der Waals surface area contributed by atoms with E-state index in [9.17, 15) is 0 Å². The summed E-state index contributed by atoms with van der Waals surface area (Å²) in [5, 5.41) is 5.42. The molecule has 4 aromatic heterocycles. The number of nitrogens with zero attached hydrogens (tertiary/aromatic N) is 6. The van der Waals surface area contributed by atoms with E-state index in [4.69, 9.17) is 28.2 Å². The molecule has 8 heteroatoms. The SMILES string of the molecule is CCc1c(Cn2ccnc2-c2cc(Cl)ccn2)nc2ccc(Cl)nn12. The third-order valence-electron chi connectivity index (χ3n) is 3.94. The summed E-state index contributed by atoms with van der Waals surface area (Å²) < 4.78 is 3.80. The Hall–Kier alpha value is -2.44. The van der Waals surface area contributed by atoms with Crippen LogP contribution in [-0.4, -0.2) is 29.1 Å². The molecule has 0 fully saturated rings. The molecule has 0 aliphatic heterocycles. The molecule has 0 spiro atoms. The van der Waals surface area contributed by atoms with E-state index in [-0.39, 0.29) is 0 Å². The summed E-state index contributed by atoms with van der Waals surface area (Å²) >= 11 is 12.1. The highest BCUT2D eigenvalue weighted by Crippen LogP contribution is 2.21. The molecular formula is C17H14Cl2N6. The molecule has 0 radical (unpaired) electrons. The molecule has 4 aromatic rings. The molecule has 4 rings (SSSR count). The van der Waals surface area contributed by atoms with Crippen molar-refractivity contribution < 1.29 is 0 Å². The zero-order valence-electron chi connectivity index (χ0n) is 13.4. The van der Waals surface area contributed by atoms with Crippen LogP contribution in [0.4, 0.5) is 0 Å². The molecule has 126 valence electrons. The van der Waals surface area contributed by atoms with Crippen LogP contribution in [0, 0.1) is 0 Å². The van der Waals surface area contributed by atoms with E-state index in [1.807, 2.05) is 16.8 Å². The number of rotatable bonds is 4. The van der Waals surface area contributed by atoms with Crippen molar-refractivity contribution in [1.29, 1.82) is 0 Å². The lowest BCUT2D eigenvalue weighted by Crippen LogP contribution is -2.05. The first-order valence-electron chi connectivity index (χ1n) is 7.82. The maximum Gasteiger partial charge on any atom is 0.159 e. The predicted octanol–water partition coefficient (Wildman–Crippen LogP) is 3.91. The summed E-state index contributed by atoms with van der Waals surface area (Å²) in [6.45, 7) is 2.64. The van der Waals surface area contributed by atoms with Crippen molar-refractivity contribution in [3.63, 3.8) is 0 Å². The van der Waals surface area contributed by atoms with E-state index in [0.717, 1.165) is 35.0 Å². The first kappa shape index (κ1) is 16.1. The number of hydrogen-bond acceptors (Lipinski definition) is 4. The summed E-state index contributed by atoms with van der Waals surface area (Å²) in [5.74, 6) is 0.743. The van der Waals surface area contributed by atoms with Gasteiger partial charge in [-0.25, -0.2) is 14.5 Å². The topological polar surface area (TPSA) is 60.9 Å². The molecule has 0 saturated carbocycles. The van der Waals surface area contributed by atoms with Crippen molar-refractivity contribution in [1.82, 2.24) is 29.1 Å². The van der Waals surface area contributed by atoms with Gasteiger partial charge in [0.2, 0.25) is 0 Å². The van der Waals surface area contributed by atoms with Gasteiger partial charge in [-0.05, 0) is 30.7 Å². The Balaban J connectivity index is 1.77. The van der Waals surface area contributed by atoms with E-state index in [1.165, 1.54) is 0 Å². The first-order chi connectivity index (χ1) is 12.2. The highest BCUT2D eigenvalue weighted by molar-refractivity contribution is 6.30. The Morgan fingerprint density at radius 2 is 1.96 bits per heavy atom. The molecule has 4 heterocycles. The fourth-order valence-corrected chi connectivity index (χ4v) is 3.14. The Kier molecular flexibility index (Phi) is 4.15. The number of fused-ring (bicyclic) bond motifs is 1. The average Bonchev–Trinajstić information content (AvgIpc) is 3.19. The van der Waals surface area contributed by atoms with Gasteiger partial charge in [0.25, 0.3) is 0 Å². The van der Waals surface area contributed by atoms with E-state index >= 15 is 0 Å². The molecule has 25 heavy (non-hydrogen) atoms. The quantitative estimate of drug-likeness (QED) is 0.544. The molecule has 6 nitrogen and oxygen atoms in total. The number of imidazole rings is 2. The van der Waals surface area contributed by atoms with E-state index in [0.29, 0.717) is 16.7 Å². The molecule has 0 aromatic carbocycles. The zero-order chi connectivity index (χ0) is 17.4. The summed E-state index contributed by atoms with van der Waals surface area (Å²) in [7, 11) is 0. The second kappa shape index (κ2) is 6.46. The third kappa shape index (κ3) is 2.99. The smallest absolute Gasteiger partial charge is 0.159 e. The monoisotopic (exact) mass is 372 g/mol. The highest BCUT2D eigenvalue weighted by Gasteiger charge is 2.15. The maximum absolute atomic E-state index is 6.08. The fraction of sp³-hybridized carbons (Fsp3) is 0.176. The number of aromatic nitrogens is 6. The second-order valence-corrected chi connectivity index (χ2v) is 6.35. The van der Waals surface area contributed by atoms with Gasteiger partial charge in [0.15, 0.2) is 11.5 Å². The Bertz CT molecular complexity index is 1050. The van der Waals surface area contributed by atoms with Gasteiger partial charge in [-0.2, -0.15) is 5.10 Å². The number of hydrogen-bond donors (Lipinski definition) is 0. The van der Waals surface area contributed by atoms with E-state index < -0.39 is 0 Å². The van der Waals surface area contributed by atoms with Crippen molar-refractivity contribution in [2.45, 2.75) is 19.9 Å². The highest BCUT2D eigenvalue weighted by atomic mass is 35.5. The number of halogens is 2. The van der Waals surface area contributed by atoms with E-state index in [1.54, 1.807) is 35.1 Å². The molecule has 0 amide bonds. The van der Waals surface area contributed by atoms with Crippen molar-refractivity contribution in [3.8, 4) is 11.5 Å². The lowest BCUT2D eigenvalue weighted by Gasteiger charge is -2.07. The minimum atomic E-state index is 0.442. The lowest BCUT2D eigenvalue weighted by molar-refractivity contribution is 0.761. The van der Waals surface area contributed by atoms with Crippen LogP contribution in [0.1, 0.15) is 18.3 Å². The predicted molar refractivity (Wildman–Crippen MR) is 96.9 cm³/mol. The van der Waals surface area contributed by atoms with Gasteiger partial charge in [0.1, 0.15) is 10.8 Å².